The van der Waals surface area contributed by atoms with E-state index in [1.807, 2.05) is 25.7 Å². The largest absolute Gasteiger partial charge is 0.409 e. The van der Waals surface area contributed by atoms with Gasteiger partial charge in [-0.15, -0.1) is 5.10 Å². The highest BCUT2D eigenvalue weighted by molar-refractivity contribution is 5.80. The molecule has 0 bridgehead atoms. The number of hydrogen-bond donors (Lipinski definition) is 2. The second-order valence-corrected chi connectivity index (χ2v) is 3.70. The molecule has 7 heteroatoms. The highest BCUT2D eigenvalue weighted by Crippen LogP contribution is 2.08. The zero-order valence-electron chi connectivity index (χ0n) is 10.4. The van der Waals surface area contributed by atoms with Gasteiger partial charge in [0.15, 0.2) is 0 Å². The van der Waals surface area contributed by atoms with Gasteiger partial charge >= 0.3 is 0 Å². The van der Waals surface area contributed by atoms with Crippen molar-refractivity contribution in [2.24, 2.45) is 10.9 Å². The van der Waals surface area contributed by atoms with Crippen molar-refractivity contribution < 1.29 is 5.21 Å². The summed E-state index contributed by atoms with van der Waals surface area (Å²) in [6.45, 7) is 7.08. The van der Waals surface area contributed by atoms with E-state index in [-0.39, 0.29) is 5.84 Å². The van der Waals surface area contributed by atoms with E-state index in [4.69, 9.17) is 10.9 Å². The number of rotatable bonds is 5. The SMILES string of the molecule is CCN(CCC(N)=NO)c1nnc(C)c(C)n1. The van der Waals surface area contributed by atoms with Gasteiger partial charge in [-0.05, 0) is 20.8 Å². The molecule has 0 amide bonds. The molecule has 1 aromatic rings. The fourth-order valence-corrected chi connectivity index (χ4v) is 1.28. The Kier molecular flexibility index (Phi) is 4.62. The maximum atomic E-state index is 8.47. The van der Waals surface area contributed by atoms with Gasteiger partial charge in [0.2, 0.25) is 5.95 Å². The Morgan fingerprint density at radius 1 is 1.35 bits per heavy atom. The molecule has 0 aromatic carbocycles. The van der Waals surface area contributed by atoms with Crippen LogP contribution in [-0.4, -0.2) is 39.3 Å². The van der Waals surface area contributed by atoms with Gasteiger partial charge in [-0.3, -0.25) is 0 Å². The first-order valence-electron chi connectivity index (χ1n) is 5.47. The van der Waals surface area contributed by atoms with Gasteiger partial charge in [0, 0.05) is 19.5 Å². The molecule has 0 radical (unpaired) electrons. The summed E-state index contributed by atoms with van der Waals surface area (Å²) in [4.78, 5) is 6.28. The van der Waals surface area contributed by atoms with E-state index in [1.165, 1.54) is 0 Å². The van der Waals surface area contributed by atoms with Crippen LogP contribution in [0.15, 0.2) is 5.16 Å². The molecule has 0 saturated carbocycles. The van der Waals surface area contributed by atoms with E-state index in [1.54, 1.807) is 0 Å². The number of amidine groups is 1. The summed E-state index contributed by atoms with van der Waals surface area (Å²) < 4.78 is 0. The first kappa shape index (κ1) is 13.1. The highest BCUT2D eigenvalue weighted by Gasteiger charge is 2.10. The predicted octanol–water partition coefficient (Wildman–Crippen LogP) is 0.451. The lowest BCUT2D eigenvalue weighted by Gasteiger charge is -2.20. The zero-order chi connectivity index (χ0) is 12.8. The second-order valence-electron chi connectivity index (χ2n) is 3.70. The van der Waals surface area contributed by atoms with Crippen LogP contribution >= 0.6 is 0 Å². The van der Waals surface area contributed by atoms with Crippen molar-refractivity contribution in [3.8, 4) is 0 Å². The Morgan fingerprint density at radius 3 is 2.59 bits per heavy atom. The summed E-state index contributed by atoms with van der Waals surface area (Å²) in [5.41, 5.74) is 7.10. The maximum absolute atomic E-state index is 8.47. The Balaban J connectivity index is 2.76. The minimum absolute atomic E-state index is 0.195. The molecule has 7 nitrogen and oxygen atoms in total. The molecule has 3 N–H and O–H groups in total. The molecule has 94 valence electrons. The average molecular weight is 238 g/mol. The molecule has 0 aliphatic heterocycles. The van der Waals surface area contributed by atoms with Crippen LogP contribution in [0.2, 0.25) is 0 Å². The number of nitrogens with zero attached hydrogens (tertiary/aromatic N) is 5. The number of aromatic nitrogens is 3. The minimum Gasteiger partial charge on any atom is -0.409 e. The lowest BCUT2D eigenvalue weighted by molar-refractivity contribution is 0.317. The van der Waals surface area contributed by atoms with Crippen LogP contribution in [0.5, 0.6) is 0 Å². The lowest BCUT2D eigenvalue weighted by atomic mass is 10.3. The van der Waals surface area contributed by atoms with Gasteiger partial charge in [-0.2, -0.15) is 5.10 Å². The normalized spacial score (nSPS) is 11.6. The van der Waals surface area contributed by atoms with E-state index in [0.717, 1.165) is 17.9 Å². The Bertz CT molecular complexity index is 406. The zero-order valence-corrected chi connectivity index (χ0v) is 10.4. The van der Waals surface area contributed by atoms with Gasteiger partial charge in [0.1, 0.15) is 5.84 Å². The van der Waals surface area contributed by atoms with Crippen LogP contribution in [-0.2, 0) is 0 Å². The van der Waals surface area contributed by atoms with E-state index in [9.17, 15) is 0 Å². The molecular formula is C10H18N6O. The van der Waals surface area contributed by atoms with Crippen molar-refractivity contribution in [3.63, 3.8) is 0 Å². The molecule has 0 unspecified atom stereocenters. The fraction of sp³-hybridized carbons (Fsp3) is 0.600. The Labute approximate surface area is 100 Å². The van der Waals surface area contributed by atoms with Crippen molar-refractivity contribution in [1.82, 2.24) is 15.2 Å². The third-order valence-electron chi connectivity index (χ3n) is 2.51. The van der Waals surface area contributed by atoms with Gasteiger partial charge in [-0.1, -0.05) is 5.16 Å². The molecule has 0 spiro atoms. The summed E-state index contributed by atoms with van der Waals surface area (Å²) in [5, 5.41) is 19.5. The van der Waals surface area contributed by atoms with Crippen molar-refractivity contribution in [3.05, 3.63) is 11.4 Å². The van der Waals surface area contributed by atoms with Crippen LogP contribution < -0.4 is 10.6 Å². The van der Waals surface area contributed by atoms with E-state index in [2.05, 4.69) is 20.3 Å². The minimum atomic E-state index is 0.195. The molecule has 0 atom stereocenters. The number of oxime groups is 1. The summed E-state index contributed by atoms with van der Waals surface area (Å²) in [5.74, 6) is 0.765. The molecule has 0 saturated heterocycles. The van der Waals surface area contributed by atoms with Crippen molar-refractivity contribution in [2.45, 2.75) is 27.2 Å². The molecular weight excluding hydrogens is 220 g/mol. The topological polar surface area (TPSA) is 101 Å². The van der Waals surface area contributed by atoms with Crippen LogP contribution in [0.1, 0.15) is 24.7 Å². The predicted molar refractivity (Wildman–Crippen MR) is 65.2 cm³/mol. The molecule has 17 heavy (non-hydrogen) atoms. The molecule has 0 aliphatic carbocycles. The third kappa shape index (κ3) is 3.54. The van der Waals surface area contributed by atoms with Gasteiger partial charge < -0.3 is 15.8 Å². The Hall–Kier alpha value is -1.92. The maximum Gasteiger partial charge on any atom is 0.245 e. The average Bonchev–Trinajstić information content (AvgIpc) is 2.33. The van der Waals surface area contributed by atoms with Crippen molar-refractivity contribution in [2.75, 3.05) is 18.0 Å². The molecule has 0 aliphatic rings. The quantitative estimate of drug-likeness (QED) is 0.334. The second kappa shape index (κ2) is 5.97. The summed E-state index contributed by atoms with van der Waals surface area (Å²) in [6.07, 6.45) is 0.459. The monoisotopic (exact) mass is 238 g/mol. The van der Waals surface area contributed by atoms with Crippen LogP contribution in [0.25, 0.3) is 0 Å². The van der Waals surface area contributed by atoms with Crippen molar-refractivity contribution >= 4 is 11.8 Å². The molecule has 0 fully saturated rings. The van der Waals surface area contributed by atoms with Crippen LogP contribution in [0.3, 0.4) is 0 Å². The van der Waals surface area contributed by atoms with Crippen LogP contribution in [0, 0.1) is 13.8 Å². The summed E-state index contributed by atoms with van der Waals surface area (Å²) >= 11 is 0. The molecule has 1 aromatic heterocycles. The smallest absolute Gasteiger partial charge is 0.245 e. The van der Waals surface area contributed by atoms with Crippen molar-refractivity contribution in [1.29, 1.82) is 0 Å². The Morgan fingerprint density at radius 2 is 2.06 bits per heavy atom. The van der Waals surface area contributed by atoms with Gasteiger partial charge in [-0.25, -0.2) is 4.98 Å². The van der Waals surface area contributed by atoms with Gasteiger partial charge in [0.05, 0.1) is 11.4 Å². The number of aryl methyl sites for hydroxylation is 2. The standard InChI is InChI=1S/C10H18N6O/c1-4-16(6-5-9(11)15-17)10-12-7(2)8(3)13-14-10/h17H,4-6H2,1-3H3,(H2,11,15). The summed E-state index contributed by atoms with van der Waals surface area (Å²) in [7, 11) is 0. The number of hydrogen-bond acceptors (Lipinski definition) is 6. The first-order valence-corrected chi connectivity index (χ1v) is 5.47. The number of anilines is 1. The van der Waals surface area contributed by atoms with Gasteiger partial charge in [0.25, 0.3) is 0 Å². The van der Waals surface area contributed by atoms with E-state index < -0.39 is 0 Å². The highest BCUT2D eigenvalue weighted by atomic mass is 16.4. The van der Waals surface area contributed by atoms with E-state index in [0.29, 0.717) is 18.9 Å². The fourth-order valence-electron chi connectivity index (χ4n) is 1.28. The molecule has 1 rings (SSSR count). The summed E-state index contributed by atoms with van der Waals surface area (Å²) in [6, 6.07) is 0. The first-order chi connectivity index (χ1) is 8.08. The van der Waals surface area contributed by atoms with Crippen LogP contribution in [0.4, 0.5) is 5.95 Å². The molecule has 1 heterocycles. The lowest BCUT2D eigenvalue weighted by Crippen LogP contribution is -2.30. The third-order valence-corrected chi connectivity index (χ3v) is 2.51. The number of nitrogens with two attached hydrogens (primary N) is 1. The van der Waals surface area contributed by atoms with E-state index >= 15 is 0 Å².